The average molecular weight is 387 g/mol. The number of hydrogen-bond acceptors (Lipinski definition) is 5. The van der Waals surface area contributed by atoms with Crippen LogP contribution in [0.5, 0.6) is 0 Å². The summed E-state index contributed by atoms with van der Waals surface area (Å²) in [5, 5.41) is 18.4. The van der Waals surface area contributed by atoms with E-state index >= 15 is 0 Å². The van der Waals surface area contributed by atoms with Gasteiger partial charge in [0, 0.05) is 26.2 Å². The van der Waals surface area contributed by atoms with Crippen molar-refractivity contribution in [1.82, 2.24) is 16.0 Å². The van der Waals surface area contributed by atoms with E-state index in [2.05, 4.69) is 22.9 Å². The molecule has 0 aromatic rings. The molecular formula is C20H42N4O3. The van der Waals surface area contributed by atoms with Gasteiger partial charge in [0.05, 0.1) is 6.42 Å². The predicted molar refractivity (Wildman–Crippen MR) is 111 cm³/mol. The lowest BCUT2D eigenvalue weighted by molar-refractivity contribution is -0.141. The van der Waals surface area contributed by atoms with Crippen LogP contribution in [0.4, 0.5) is 0 Å². The molecule has 27 heavy (non-hydrogen) atoms. The zero-order valence-corrected chi connectivity index (χ0v) is 17.2. The molecular weight excluding hydrogens is 344 g/mol. The van der Waals surface area contributed by atoms with Crippen molar-refractivity contribution in [2.45, 2.75) is 83.6 Å². The topological polar surface area (TPSA) is 116 Å². The number of primary amides is 1. The standard InChI is InChI=1S/C20H42N4O3/c1-2-3-4-5-6-7-8-9-10-11-12-22-13-14-23-15-16-24-18(20(26)27)17-19(21)25/h18,22-24H,2-17H2,1H3,(H2,21,25)(H,26,27). The van der Waals surface area contributed by atoms with Crippen LogP contribution < -0.4 is 21.7 Å². The molecule has 0 fully saturated rings. The van der Waals surface area contributed by atoms with E-state index in [1.54, 1.807) is 0 Å². The van der Waals surface area contributed by atoms with Gasteiger partial charge in [0.2, 0.25) is 5.91 Å². The van der Waals surface area contributed by atoms with Crippen molar-refractivity contribution >= 4 is 11.9 Å². The predicted octanol–water partition coefficient (Wildman–Crippen LogP) is 2.00. The highest BCUT2D eigenvalue weighted by Crippen LogP contribution is 2.10. The first-order valence-corrected chi connectivity index (χ1v) is 10.7. The van der Waals surface area contributed by atoms with E-state index in [9.17, 15) is 9.59 Å². The lowest BCUT2D eigenvalue weighted by Gasteiger charge is -2.13. The Kier molecular flexibility index (Phi) is 18.7. The summed E-state index contributed by atoms with van der Waals surface area (Å²) in [7, 11) is 0. The molecule has 0 aliphatic rings. The van der Waals surface area contributed by atoms with E-state index < -0.39 is 17.9 Å². The quantitative estimate of drug-likeness (QED) is 0.193. The number of nitrogens with two attached hydrogens (primary N) is 1. The normalized spacial score (nSPS) is 12.2. The van der Waals surface area contributed by atoms with Crippen molar-refractivity contribution in [2.75, 3.05) is 32.7 Å². The van der Waals surface area contributed by atoms with Crippen molar-refractivity contribution in [1.29, 1.82) is 0 Å². The van der Waals surface area contributed by atoms with Gasteiger partial charge >= 0.3 is 5.97 Å². The van der Waals surface area contributed by atoms with E-state index in [0.717, 1.165) is 19.6 Å². The maximum Gasteiger partial charge on any atom is 0.321 e. The summed E-state index contributed by atoms with van der Waals surface area (Å²) >= 11 is 0. The second kappa shape index (κ2) is 19.6. The molecule has 0 heterocycles. The number of hydrogen-bond donors (Lipinski definition) is 5. The Morgan fingerprint density at radius 2 is 1.26 bits per heavy atom. The fourth-order valence-corrected chi connectivity index (χ4v) is 2.95. The highest BCUT2D eigenvalue weighted by atomic mass is 16.4. The number of amides is 1. The summed E-state index contributed by atoms with van der Waals surface area (Å²) < 4.78 is 0. The van der Waals surface area contributed by atoms with Crippen molar-refractivity contribution < 1.29 is 14.7 Å². The summed E-state index contributed by atoms with van der Waals surface area (Å²) in [4.78, 5) is 21.7. The van der Waals surface area contributed by atoms with Crippen molar-refractivity contribution in [3.63, 3.8) is 0 Å². The molecule has 0 saturated carbocycles. The lowest BCUT2D eigenvalue weighted by Crippen LogP contribution is -2.43. The number of aliphatic carboxylic acids is 1. The molecule has 7 heteroatoms. The number of carbonyl (C=O) groups excluding carboxylic acids is 1. The SMILES string of the molecule is CCCCCCCCCCCCNCCNCCNC(CC(N)=O)C(=O)O. The second-order valence-corrected chi connectivity index (χ2v) is 7.20. The van der Waals surface area contributed by atoms with Crippen molar-refractivity contribution in [3.05, 3.63) is 0 Å². The Labute approximate surface area is 165 Å². The van der Waals surface area contributed by atoms with Crippen LogP contribution in [0.1, 0.15) is 77.6 Å². The Morgan fingerprint density at radius 3 is 1.78 bits per heavy atom. The van der Waals surface area contributed by atoms with E-state index in [-0.39, 0.29) is 6.42 Å². The molecule has 0 aromatic carbocycles. The van der Waals surface area contributed by atoms with Gasteiger partial charge < -0.3 is 26.8 Å². The van der Waals surface area contributed by atoms with Gasteiger partial charge in [-0.15, -0.1) is 0 Å². The maximum atomic E-state index is 10.9. The van der Waals surface area contributed by atoms with E-state index in [0.29, 0.717) is 13.1 Å². The third-order valence-corrected chi connectivity index (χ3v) is 4.58. The molecule has 0 aliphatic heterocycles. The van der Waals surface area contributed by atoms with Gasteiger partial charge in [0.1, 0.15) is 6.04 Å². The lowest BCUT2D eigenvalue weighted by atomic mass is 10.1. The van der Waals surface area contributed by atoms with Crippen LogP contribution in [0, 0.1) is 0 Å². The van der Waals surface area contributed by atoms with Gasteiger partial charge in [-0.2, -0.15) is 0 Å². The zero-order valence-electron chi connectivity index (χ0n) is 17.2. The molecule has 6 N–H and O–H groups in total. The largest absolute Gasteiger partial charge is 0.480 e. The summed E-state index contributed by atoms with van der Waals surface area (Å²) in [6.07, 6.45) is 13.3. The first-order chi connectivity index (χ1) is 13.1. The highest BCUT2D eigenvalue weighted by Gasteiger charge is 2.18. The Bertz CT molecular complexity index is 367. The molecule has 0 aliphatic carbocycles. The smallest absolute Gasteiger partial charge is 0.321 e. The molecule has 1 amide bonds. The Hall–Kier alpha value is -1.18. The molecule has 0 rings (SSSR count). The number of carbonyl (C=O) groups is 2. The highest BCUT2D eigenvalue weighted by molar-refractivity contribution is 5.83. The van der Waals surface area contributed by atoms with Crippen LogP contribution in [-0.4, -0.2) is 55.7 Å². The molecule has 7 nitrogen and oxygen atoms in total. The fraction of sp³-hybridized carbons (Fsp3) is 0.900. The van der Waals surface area contributed by atoms with E-state index in [4.69, 9.17) is 10.8 Å². The molecule has 0 saturated heterocycles. The first-order valence-electron chi connectivity index (χ1n) is 10.7. The minimum Gasteiger partial charge on any atom is -0.480 e. The van der Waals surface area contributed by atoms with Crippen molar-refractivity contribution in [2.24, 2.45) is 5.73 Å². The third kappa shape index (κ3) is 19.4. The number of carboxylic acid groups (broad SMARTS) is 1. The first kappa shape index (κ1) is 25.8. The van der Waals surface area contributed by atoms with Gasteiger partial charge in [-0.1, -0.05) is 64.7 Å². The molecule has 0 bridgehead atoms. The third-order valence-electron chi connectivity index (χ3n) is 4.58. The summed E-state index contributed by atoms with van der Waals surface area (Å²) in [6.45, 7) is 6.20. The van der Waals surface area contributed by atoms with Crippen LogP contribution >= 0.6 is 0 Å². The summed E-state index contributed by atoms with van der Waals surface area (Å²) in [5.41, 5.74) is 5.03. The summed E-state index contributed by atoms with van der Waals surface area (Å²) in [6, 6.07) is -0.904. The van der Waals surface area contributed by atoms with Crippen LogP contribution in [0.25, 0.3) is 0 Å². The number of carboxylic acids is 1. The van der Waals surface area contributed by atoms with Crippen LogP contribution in [0.3, 0.4) is 0 Å². The second-order valence-electron chi connectivity index (χ2n) is 7.20. The van der Waals surface area contributed by atoms with Crippen molar-refractivity contribution in [3.8, 4) is 0 Å². The van der Waals surface area contributed by atoms with Crippen LogP contribution in [0.15, 0.2) is 0 Å². The molecule has 1 atom stereocenters. The average Bonchev–Trinajstić information content (AvgIpc) is 2.62. The van der Waals surface area contributed by atoms with Gasteiger partial charge in [0.15, 0.2) is 0 Å². The van der Waals surface area contributed by atoms with Gasteiger partial charge in [0.25, 0.3) is 0 Å². The minimum atomic E-state index is -1.05. The van der Waals surface area contributed by atoms with Crippen LogP contribution in [0.2, 0.25) is 0 Å². The molecule has 0 spiro atoms. The fourth-order valence-electron chi connectivity index (χ4n) is 2.95. The van der Waals surface area contributed by atoms with Gasteiger partial charge in [-0.3, -0.25) is 9.59 Å². The monoisotopic (exact) mass is 386 g/mol. The Balaban J connectivity index is 3.24. The number of unbranched alkanes of at least 4 members (excludes halogenated alkanes) is 9. The molecule has 0 radical (unpaired) electrons. The maximum absolute atomic E-state index is 10.9. The van der Waals surface area contributed by atoms with Crippen LogP contribution in [-0.2, 0) is 9.59 Å². The van der Waals surface area contributed by atoms with E-state index in [1.807, 2.05) is 0 Å². The molecule has 0 aromatic heterocycles. The molecule has 1 unspecified atom stereocenters. The van der Waals surface area contributed by atoms with Gasteiger partial charge in [-0.25, -0.2) is 0 Å². The minimum absolute atomic E-state index is 0.185. The number of nitrogens with one attached hydrogen (secondary N) is 3. The summed E-state index contributed by atoms with van der Waals surface area (Å²) in [5.74, 6) is -1.66. The zero-order chi connectivity index (χ0) is 20.2. The van der Waals surface area contributed by atoms with E-state index in [1.165, 1.54) is 64.2 Å². The number of rotatable bonds is 21. The molecule has 160 valence electrons. The van der Waals surface area contributed by atoms with Gasteiger partial charge in [-0.05, 0) is 13.0 Å². The Morgan fingerprint density at radius 1 is 0.778 bits per heavy atom.